The van der Waals surface area contributed by atoms with Crippen LogP contribution in [0.4, 0.5) is 10.8 Å². The Kier molecular flexibility index (Phi) is 6.57. The third-order valence-corrected chi connectivity index (χ3v) is 8.87. The highest BCUT2D eigenvalue weighted by molar-refractivity contribution is 7.93. The number of hydrogen-bond donors (Lipinski definition) is 1. The third-order valence-electron chi connectivity index (χ3n) is 4.09. The molecule has 0 radical (unpaired) electrons. The van der Waals surface area contributed by atoms with Gasteiger partial charge in [0.15, 0.2) is 15.0 Å². The highest BCUT2D eigenvalue weighted by Crippen LogP contribution is 2.29. The summed E-state index contributed by atoms with van der Waals surface area (Å²) < 4.78 is 54.9. The lowest BCUT2D eigenvalue weighted by Crippen LogP contribution is -2.22. The minimum Gasteiger partial charge on any atom is -0.497 e. The van der Waals surface area contributed by atoms with Gasteiger partial charge in [-0.05, 0) is 36.4 Å². The normalized spacial score (nSPS) is 11.7. The maximum absolute atomic E-state index is 12.7. The molecular weight excluding hydrogens is 482 g/mol. The Bertz CT molecular complexity index is 1360. The predicted octanol–water partition coefficient (Wildman–Crippen LogP) is 2.31. The largest absolute Gasteiger partial charge is 0.497 e. The molecule has 1 N–H and O–H groups in total. The van der Waals surface area contributed by atoms with E-state index in [2.05, 4.69) is 10.3 Å². The lowest BCUT2D eigenvalue weighted by Gasteiger charge is -2.05. The third kappa shape index (κ3) is 5.09. The van der Waals surface area contributed by atoms with Crippen LogP contribution in [0.5, 0.6) is 5.75 Å². The fourth-order valence-corrected chi connectivity index (χ4v) is 6.08. The van der Waals surface area contributed by atoms with Gasteiger partial charge in [0, 0.05) is 12.1 Å². The predicted molar refractivity (Wildman–Crippen MR) is 114 cm³/mol. The van der Waals surface area contributed by atoms with Crippen LogP contribution in [0.3, 0.4) is 0 Å². The Labute approximate surface area is 186 Å². The molecule has 0 atom stereocenters. The van der Waals surface area contributed by atoms with E-state index in [0.29, 0.717) is 17.1 Å². The molecule has 0 bridgehead atoms. The SMILES string of the molecule is COc1ccc(S(=O)(=O)CC(=O)Nc2ncc(S(=O)(=O)c3ccc([N+](=O)[O-])cc3)s2)cc1. The number of sulfone groups is 2. The summed E-state index contributed by atoms with van der Waals surface area (Å²) in [5.41, 5.74) is -0.265. The van der Waals surface area contributed by atoms with Crippen molar-refractivity contribution in [1.29, 1.82) is 0 Å². The van der Waals surface area contributed by atoms with E-state index < -0.39 is 36.3 Å². The molecule has 0 saturated carbocycles. The van der Waals surface area contributed by atoms with E-state index >= 15 is 0 Å². The van der Waals surface area contributed by atoms with E-state index in [1.165, 1.54) is 31.4 Å². The Balaban J connectivity index is 1.72. The van der Waals surface area contributed by atoms with Crippen molar-refractivity contribution in [2.45, 2.75) is 14.0 Å². The van der Waals surface area contributed by atoms with E-state index in [1.54, 1.807) is 0 Å². The molecule has 11 nitrogen and oxygen atoms in total. The number of hydrogen-bond acceptors (Lipinski definition) is 10. The van der Waals surface area contributed by atoms with Gasteiger partial charge in [-0.15, -0.1) is 0 Å². The molecule has 0 unspecified atom stereocenters. The van der Waals surface area contributed by atoms with Crippen LogP contribution >= 0.6 is 11.3 Å². The number of methoxy groups -OCH3 is 1. The van der Waals surface area contributed by atoms with E-state index in [4.69, 9.17) is 4.74 Å². The maximum atomic E-state index is 12.7. The molecule has 14 heteroatoms. The second-order valence-electron chi connectivity index (χ2n) is 6.22. The van der Waals surface area contributed by atoms with Gasteiger partial charge in [-0.2, -0.15) is 0 Å². The average Bonchev–Trinajstić information content (AvgIpc) is 3.22. The van der Waals surface area contributed by atoms with E-state index in [-0.39, 0.29) is 24.8 Å². The van der Waals surface area contributed by atoms with Crippen LogP contribution in [0.1, 0.15) is 0 Å². The van der Waals surface area contributed by atoms with Crippen molar-refractivity contribution in [3.63, 3.8) is 0 Å². The van der Waals surface area contributed by atoms with Crippen LogP contribution < -0.4 is 10.1 Å². The van der Waals surface area contributed by atoms with Gasteiger partial charge in [0.25, 0.3) is 5.69 Å². The van der Waals surface area contributed by atoms with Gasteiger partial charge in [-0.1, -0.05) is 11.3 Å². The summed E-state index contributed by atoms with van der Waals surface area (Å²) in [6.45, 7) is 0. The fraction of sp³-hybridized carbons (Fsp3) is 0.111. The van der Waals surface area contributed by atoms with Gasteiger partial charge in [-0.3, -0.25) is 14.9 Å². The number of thiazole rings is 1. The molecule has 0 saturated heterocycles. The van der Waals surface area contributed by atoms with Gasteiger partial charge < -0.3 is 10.1 Å². The minimum atomic E-state index is -4.03. The second-order valence-corrected chi connectivity index (χ2v) is 11.4. The number of nitro benzene ring substituents is 1. The summed E-state index contributed by atoms with van der Waals surface area (Å²) in [6, 6.07) is 9.79. The number of amides is 1. The molecule has 1 amide bonds. The van der Waals surface area contributed by atoms with Gasteiger partial charge in [0.2, 0.25) is 15.7 Å². The molecule has 3 rings (SSSR count). The number of rotatable bonds is 8. The monoisotopic (exact) mass is 497 g/mol. The molecule has 0 aliphatic rings. The molecule has 32 heavy (non-hydrogen) atoms. The molecule has 0 aliphatic carbocycles. The standard InChI is InChI=1S/C18H15N3O8S3/c1-29-13-4-8-14(9-5-13)31(25,26)11-16(22)20-18-19-10-17(30-18)32(27,28)15-6-2-12(3-7-15)21(23)24/h2-10H,11H2,1H3,(H,19,20,22). The quantitative estimate of drug-likeness (QED) is 0.363. The maximum Gasteiger partial charge on any atom is 0.269 e. The summed E-state index contributed by atoms with van der Waals surface area (Å²) in [6.07, 6.45) is 1.01. The first-order chi connectivity index (χ1) is 15.0. The fourth-order valence-electron chi connectivity index (χ4n) is 2.50. The molecule has 1 aromatic heterocycles. The van der Waals surface area contributed by atoms with Crippen molar-refractivity contribution in [3.8, 4) is 5.75 Å². The number of carbonyl (C=O) groups is 1. The highest BCUT2D eigenvalue weighted by atomic mass is 32.2. The zero-order valence-corrected chi connectivity index (χ0v) is 18.7. The summed E-state index contributed by atoms with van der Waals surface area (Å²) in [5, 5.41) is 12.9. The first-order valence-electron chi connectivity index (χ1n) is 8.65. The number of ether oxygens (including phenoxy) is 1. The van der Waals surface area contributed by atoms with E-state index in [1.807, 2.05) is 0 Å². The highest BCUT2D eigenvalue weighted by Gasteiger charge is 2.24. The van der Waals surface area contributed by atoms with Crippen molar-refractivity contribution in [3.05, 3.63) is 64.8 Å². The molecule has 0 spiro atoms. The first kappa shape index (κ1) is 23.3. The van der Waals surface area contributed by atoms with Crippen molar-refractivity contribution in [2.24, 2.45) is 0 Å². The minimum absolute atomic E-state index is 0.0750. The summed E-state index contributed by atoms with van der Waals surface area (Å²) in [5.74, 6) is -1.31. The first-order valence-corrected chi connectivity index (χ1v) is 12.6. The van der Waals surface area contributed by atoms with E-state index in [9.17, 15) is 31.7 Å². The lowest BCUT2D eigenvalue weighted by molar-refractivity contribution is -0.384. The number of nitrogens with one attached hydrogen (secondary N) is 1. The number of anilines is 1. The molecular formula is C18H15N3O8S3. The Hall–Kier alpha value is -3.36. The van der Waals surface area contributed by atoms with Crippen LogP contribution in [-0.2, 0) is 24.5 Å². The van der Waals surface area contributed by atoms with E-state index in [0.717, 1.165) is 30.5 Å². The number of benzene rings is 2. The molecule has 2 aromatic carbocycles. The van der Waals surface area contributed by atoms with Gasteiger partial charge in [0.05, 0.1) is 28.0 Å². The molecule has 1 heterocycles. The smallest absolute Gasteiger partial charge is 0.269 e. The number of aromatic nitrogens is 1. The van der Waals surface area contributed by atoms with Crippen molar-refractivity contribution < 1.29 is 31.3 Å². The number of carbonyl (C=O) groups excluding carboxylic acids is 1. The van der Waals surface area contributed by atoms with Gasteiger partial charge >= 0.3 is 0 Å². The van der Waals surface area contributed by atoms with Crippen LogP contribution in [0, 0.1) is 10.1 Å². The average molecular weight is 498 g/mol. The van der Waals surface area contributed by atoms with Crippen molar-refractivity contribution >= 4 is 47.7 Å². The summed E-state index contributed by atoms with van der Waals surface area (Å²) in [4.78, 5) is 25.8. The molecule has 0 aliphatic heterocycles. The van der Waals surface area contributed by atoms with Gasteiger partial charge in [0.1, 0.15) is 15.7 Å². The number of nitro groups is 1. The van der Waals surface area contributed by atoms with Crippen molar-refractivity contribution in [1.82, 2.24) is 4.98 Å². The Morgan fingerprint density at radius 3 is 2.22 bits per heavy atom. The van der Waals surface area contributed by atoms with Crippen molar-refractivity contribution in [2.75, 3.05) is 18.2 Å². The molecule has 168 valence electrons. The second kappa shape index (κ2) is 9.02. The summed E-state index contributed by atoms with van der Waals surface area (Å²) >= 11 is 0.624. The van der Waals surface area contributed by atoms with Gasteiger partial charge in [-0.25, -0.2) is 21.8 Å². The van der Waals surface area contributed by atoms with Crippen LogP contribution in [-0.4, -0.2) is 45.5 Å². The van der Waals surface area contributed by atoms with Crippen LogP contribution in [0.2, 0.25) is 0 Å². The molecule has 3 aromatic rings. The number of non-ortho nitro benzene ring substituents is 1. The van der Waals surface area contributed by atoms with Crippen LogP contribution in [0.15, 0.2) is 68.7 Å². The van der Waals surface area contributed by atoms with Crippen LogP contribution in [0.25, 0.3) is 0 Å². The zero-order chi connectivity index (χ0) is 23.5. The topological polar surface area (TPSA) is 163 Å². The summed E-state index contributed by atoms with van der Waals surface area (Å²) in [7, 11) is -6.54. The lowest BCUT2D eigenvalue weighted by atomic mass is 10.3. The number of nitrogens with zero attached hydrogens (tertiary/aromatic N) is 2. The Morgan fingerprint density at radius 1 is 1.06 bits per heavy atom. The zero-order valence-electron chi connectivity index (χ0n) is 16.3. The molecule has 0 fully saturated rings. The Morgan fingerprint density at radius 2 is 1.66 bits per heavy atom.